The van der Waals surface area contributed by atoms with Crippen molar-refractivity contribution < 1.29 is 62.2 Å². The van der Waals surface area contributed by atoms with Gasteiger partial charge in [0.1, 0.15) is 66.5 Å². The number of aliphatic hydroxyl groups is 1. The molecule has 0 heterocycles. The van der Waals surface area contributed by atoms with Crippen LogP contribution in [0.4, 0.5) is 0 Å². The van der Waals surface area contributed by atoms with Crippen LogP contribution in [0, 0.1) is 0 Å². The van der Waals surface area contributed by atoms with Gasteiger partial charge in [0.25, 0.3) is 0 Å². The van der Waals surface area contributed by atoms with E-state index in [0.717, 1.165) is 0 Å². The summed E-state index contributed by atoms with van der Waals surface area (Å²) in [7, 11) is 4.22. The summed E-state index contributed by atoms with van der Waals surface area (Å²) in [4.78, 5) is 52.3. The van der Waals surface area contributed by atoms with Gasteiger partial charge < -0.3 is 43.0 Å². The lowest BCUT2D eigenvalue weighted by Crippen LogP contribution is -2.37. The van der Waals surface area contributed by atoms with Crippen molar-refractivity contribution in [1.29, 1.82) is 0 Å². The number of para-hydroxylation sites is 3. The lowest BCUT2D eigenvalue weighted by Gasteiger charge is -2.25. The fourth-order valence-electron chi connectivity index (χ4n) is 4.80. The Hall–Kier alpha value is -5.76. The van der Waals surface area contributed by atoms with Crippen LogP contribution < -0.4 is 14.2 Å². The normalized spacial score (nSPS) is 11.3. The maximum Gasteiger partial charge on any atom is 0.342 e. The Bertz CT molecular complexity index is 1530. The number of methoxy groups -OCH3 is 3. The molecule has 1 N–H and O–H groups in total. The van der Waals surface area contributed by atoms with Crippen LogP contribution in [0.5, 0.6) is 17.2 Å². The highest BCUT2D eigenvalue weighted by atomic mass is 16.7. The first-order chi connectivity index (χ1) is 24.8. The Morgan fingerprint density at radius 3 is 1.37 bits per heavy atom. The molecule has 4 aromatic carbocycles. The molecule has 1 unspecified atom stereocenters. The molecular weight excluding hydrogens is 664 g/mol. The molecule has 0 aromatic heterocycles. The molecule has 13 heteroatoms. The Morgan fingerprint density at radius 2 is 0.941 bits per heavy atom. The van der Waals surface area contributed by atoms with Crippen LogP contribution in [0.15, 0.2) is 97.1 Å². The molecule has 4 rings (SSSR count). The van der Waals surface area contributed by atoms with E-state index in [1.807, 2.05) is 0 Å². The number of Topliss-reactive ketones (excluding diaryl/α,β-unsaturated/α-hetero) is 1. The van der Waals surface area contributed by atoms with Crippen LogP contribution in [0.25, 0.3) is 0 Å². The van der Waals surface area contributed by atoms with Gasteiger partial charge >= 0.3 is 17.9 Å². The highest BCUT2D eigenvalue weighted by molar-refractivity contribution is 5.98. The molecular formula is C38H38O13. The van der Waals surface area contributed by atoms with E-state index in [1.54, 1.807) is 72.8 Å². The average molecular weight is 703 g/mol. The zero-order valence-corrected chi connectivity index (χ0v) is 28.3. The molecule has 13 nitrogen and oxygen atoms in total. The summed E-state index contributed by atoms with van der Waals surface area (Å²) < 4.78 is 44.2. The van der Waals surface area contributed by atoms with Gasteiger partial charge in [-0.1, -0.05) is 60.7 Å². The van der Waals surface area contributed by atoms with Gasteiger partial charge in [0.15, 0.2) is 12.1 Å². The first kappa shape index (κ1) is 38.0. The molecule has 4 aromatic rings. The number of ether oxygens (including phenoxy) is 8. The summed E-state index contributed by atoms with van der Waals surface area (Å²) in [5.41, 5.74) is 1.00. The van der Waals surface area contributed by atoms with E-state index < -0.39 is 62.5 Å². The Kier molecular flexibility index (Phi) is 14.5. The SMILES string of the molecule is COc1ccccc1C(=O)OCC(COC(=O)c1ccccc1OC)OC(COC(=O)c1ccccc1OC)OCC(=O)c1ccccc1CO. The summed E-state index contributed by atoms with van der Waals surface area (Å²) in [6, 6.07) is 25.7. The Labute approximate surface area is 294 Å². The van der Waals surface area contributed by atoms with Gasteiger partial charge in [0, 0.05) is 5.56 Å². The average Bonchev–Trinajstić information content (AvgIpc) is 3.18. The third-order valence-electron chi connectivity index (χ3n) is 7.36. The van der Waals surface area contributed by atoms with E-state index in [-0.39, 0.29) is 46.1 Å². The fourth-order valence-corrected chi connectivity index (χ4v) is 4.80. The van der Waals surface area contributed by atoms with Crippen LogP contribution >= 0.6 is 0 Å². The van der Waals surface area contributed by atoms with Crippen molar-refractivity contribution in [3.63, 3.8) is 0 Å². The van der Waals surface area contributed by atoms with Crippen LogP contribution in [0.3, 0.4) is 0 Å². The number of benzene rings is 4. The van der Waals surface area contributed by atoms with E-state index in [0.29, 0.717) is 5.56 Å². The zero-order valence-electron chi connectivity index (χ0n) is 28.3. The lowest BCUT2D eigenvalue weighted by molar-refractivity contribution is -0.196. The number of rotatable bonds is 19. The Morgan fingerprint density at radius 1 is 0.549 bits per heavy atom. The third kappa shape index (κ3) is 10.6. The molecule has 0 aliphatic heterocycles. The maximum absolute atomic E-state index is 13.1. The topological polar surface area (TPSA) is 162 Å². The highest BCUT2D eigenvalue weighted by Gasteiger charge is 2.26. The summed E-state index contributed by atoms with van der Waals surface area (Å²) in [5.74, 6) is -1.97. The second-order valence-corrected chi connectivity index (χ2v) is 10.6. The van der Waals surface area contributed by atoms with Gasteiger partial charge in [-0.3, -0.25) is 4.79 Å². The molecule has 0 spiro atoms. The van der Waals surface area contributed by atoms with Crippen LogP contribution in [0.2, 0.25) is 0 Å². The molecule has 0 aliphatic carbocycles. The largest absolute Gasteiger partial charge is 0.496 e. The molecule has 0 amide bonds. The van der Waals surface area contributed by atoms with E-state index in [4.69, 9.17) is 37.9 Å². The van der Waals surface area contributed by atoms with Crippen molar-refractivity contribution in [3.8, 4) is 17.2 Å². The predicted octanol–water partition coefficient (Wildman–Crippen LogP) is 4.69. The number of hydrogen-bond donors (Lipinski definition) is 1. The minimum atomic E-state index is -1.44. The van der Waals surface area contributed by atoms with Crippen LogP contribution in [-0.4, -0.2) is 88.9 Å². The van der Waals surface area contributed by atoms with Gasteiger partial charge in [-0.15, -0.1) is 0 Å². The molecule has 0 saturated carbocycles. The molecule has 0 radical (unpaired) electrons. The number of esters is 3. The number of ketones is 1. The van der Waals surface area contributed by atoms with Crippen molar-refractivity contribution in [1.82, 2.24) is 0 Å². The number of aliphatic hydroxyl groups excluding tert-OH is 1. The van der Waals surface area contributed by atoms with E-state index in [1.165, 1.54) is 45.6 Å². The second kappa shape index (κ2) is 19.4. The maximum atomic E-state index is 13.1. The van der Waals surface area contributed by atoms with Gasteiger partial charge in [-0.05, 0) is 42.0 Å². The van der Waals surface area contributed by atoms with Crippen molar-refractivity contribution in [2.75, 3.05) is 47.8 Å². The fraction of sp³-hybridized carbons (Fsp3) is 0.263. The summed E-state index contributed by atoms with van der Waals surface area (Å²) >= 11 is 0. The Balaban J connectivity index is 1.56. The van der Waals surface area contributed by atoms with Crippen LogP contribution in [-0.2, 0) is 30.3 Å². The predicted molar refractivity (Wildman–Crippen MR) is 181 cm³/mol. The zero-order chi connectivity index (χ0) is 36.6. The molecule has 0 fully saturated rings. The van der Waals surface area contributed by atoms with Crippen molar-refractivity contribution >= 4 is 23.7 Å². The number of carbonyl (C=O) groups excluding carboxylic acids is 4. The molecule has 0 bridgehead atoms. The van der Waals surface area contributed by atoms with Crippen molar-refractivity contribution in [2.24, 2.45) is 0 Å². The molecule has 1 atom stereocenters. The third-order valence-corrected chi connectivity index (χ3v) is 7.36. The molecule has 0 saturated heterocycles. The van der Waals surface area contributed by atoms with Gasteiger partial charge in [-0.2, -0.15) is 0 Å². The minimum absolute atomic E-state index is 0.125. The smallest absolute Gasteiger partial charge is 0.342 e. The van der Waals surface area contributed by atoms with E-state index >= 15 is 0 Å². The summed E-state index contributed by atoms with van der Waals surface area (Å²) in [6.07, 6.45) is -2.63. The minimum Gasteiger partial charge on any atom is -0.496 e. The molecule has 268 valence electrons. The van der Waals surface area contributed by atoms with Gasteiger partial charge in [0.05, 0.1) is 27.9 Å². The van der Waals surface area contributed by atoms with Crippen molar-refractivity contribution in [3.05, 3.63) is 125 Å². The van der Waals surface area contributed by atoms with E-state index in [9.17, 15) is 24.3 Å². The first-order valence-electron chi connectivity index (χ1n) is 15.7. The second-order valence-electron chi connectivity index (χ2n) is 10.6. The van der Waals surface area contributed by atoms with Crippen LogP contribution in [0.1, 0.15) is 47.0 Å². The molecule has 51 heavy (non-hydrogen) atoms. The quantitative estimate of drug-likeness (QED) is 0.0621. The van der Waals surface area contributed by atoms with E-state index in [2.05, 4.69) is 0 Å². The monoisotopic (exact) mass is 702 g/mol. The first-order valence-corrected chi connectivity index (χ1v) is 15.7. The van der Waals surface area contributed by atoms with Gasteiger partial charge in [-0.25, -0.2) is 14.4 Å². The number of carbonyl (C=O) groups is 4. The highest BCUT2D eigenvalue weighted by Crippen LogP contribution is 2.22. The lowest BCUT2D eigenvalue weighted by atomic mass is 10.0. The number of hydrogen-bond acceptors (Lipinski definition) is 13. The standard InChI is InChI=1S/C38H38O13/c1-44-32-17-9-6-14-28(32)36(41)48-21-26(22-49-37(42)29-15-7-10-18-33(29)45-2)51-35(24-50-38(43)30-16-8-11-19-34(30)46-3)47-23-31(40)27-13-5-4-12-25(27)20-39/h4-19,26,35,39H,20-24H2,1-3H3. The molecule has 0 aliphatic rings. The summed E-state index contributed by atoms with van der Waals surface area (Å²) in [6.45, 7) is -2.39. The summed E-state index contributed by atoms with van der Waals surface area (Å²) in [5, 5.41) is 9.71. The van der Waals surface area contributed by atoms with Gasteiger partial charge in [0.2, 0.25) is 0 Å². The van der Waals surface area contributed by atoms with Crippen molar-refractivity contribution in [2.45, 2.75) is 19.0 Å².